The van der Waals surface area contributed by atoms with Crippen LogP contribution in [0.5, 0.6) is 11.5 Å². The Labute approximate surface area is 207 Å². The number of rotatable bonds is 3. The highest BCUT2D eigenvalue weighted by molar-refractivity contribution is 6.35. The highest BCUT2D eigenvalue weighted by Crippen LogP contribution is 2.46. The van der Waals surface area contributed by atoms with Gasteiger partial charge in [0, 0.05) is 38.8 Å². The first kappa shape index (κ1) is 23.6. The molecule has 0 bridgehead atoms. The van der Waals surface area contributed by atoms with Crippen LogP contribution in [-0.4, -0.2) is 89.7 Å². The number of piperazine rings is 2. The maximum absolute atomic E-state index is 14.9. The lowest BCUT2D eigenvalue weighted by molar-refractivity contribution is -0.131. The first-order valence-electron chi connectivity index (χ1n) is 11.7. The van der Waals surface area contributed by atoms with Gasteiger partial charge >= 0.3 is 0 Å². The van der Waals surface area contributed by atoms with Gasteiger partial charge in [0.15, 0.2) is 5.75 Å². The van der Waals surface area contributed by atoms with Gasteiger partial charge in [0.05, 0.1) is 18.2 Å². The summed E-state index contributed by atoms with van der Waals surface area (Å²) >= 11 is 6.72. The molecule has 0 radical (unpaired) electrons. The second kappa shape index (κ2) is 9.16. The Hall–Kier alpha value is -3.11. The molecule has 3 aliphatic heterocycles. The van der Waals surface area contributed by atoms with Crippen molar-refractivity contribution in [2.45, 2.75) is 25.9 Å². The van der Waals surface area contributed by atoms with Gasteiger partial charge in [-0.25, -0.2) is 9.37 Å². The van der Waals surface area contributed by atoms with E-state index in [-0.39, 0.29) is 76.2 Å². The predicted octanol–water partition coefficient (Wildman–Crippen LogP) is 2.11. The van der Waals surface area contributed by atoms with E-state index >= 15 is 0 Å². The first-order chi connectivity index (χ1) is 16.8. The molecule has 186 valence electrons. The first-order valence-corrected chi connectivity index (χ1v) is 12.1. The van der Waals surface area contributed by atoms with Crippen molar-refractivity contribution in [3.05, 3.63) is 34.6 Å². The maximum atomic E-state index is 14.9. The van der Waals surface area contributed by atoms with E-state index in [9.17, 15) is 19.1 Å². The van der Waals surface area contributed by atoms with Crippen molar-refractivity contribution >= 4 is 29.2 Å². The summed E-state index contributed by atoms with van der Waals surface area (Å²) in [6.45, 7) is 6.73. The lowest BCUT2D eigenvalue weighted by Gasteiger charge is -2.41. The Kier molecular flexibility index (Phi) is 6.18. The van der Waals surface area contributed by atoms with E-state index in [1.807, 2.05) is 13.8 Å². The Balaban J connectivity index is 1.74. The van der Waals surface area contributed by atoms with E-state index in [0.717, 1.165) is 0 Å². The summed E-state index contributed by atoms with van der Waals surface area (Å²) in [7, 11) is 0. The molecule has 0 aliphatic carbocycles. The number of anilines is 1. The normalized spacial score (nSPS) is 22.5. The molecule has 3 aliphatic rings. The van der Waals surface area contributed by atoms with Gasteiger partial charge in [-0.15, -0.1) is 0 Å². The van der Waals surface area contributed by atoms with Crippen LogP contribution in [-0.2, 0) is 4.79 Å². The van der Waals surface area contributed by atoms with E-state index in [1.165, 1.54) is 18.2 Å². The average Bonchev–Trinajstić information content (AvgIpc) is 2.99. The number of nitrogens with zero attached hydrogens (tertiary/aromatic N) is 4. The molecular formula is C24H27ClFN5O4. The highest BCUT2D eigenvalue weighted by Gasteiger charge is 2.41. The minimum Gasteiger partial charge on any atom is -0.507 e. The molecule has 2 fully saturated rings. The number of halogens is 2. The van der Waals surface area contributed by atoms with Gasteiger partial charge < -0.3 is 29.9 Å². The van der Waals surface area contributed by atoms with Crippen LogP contribution in [0.2, 0.25) is 5.02 Å². The summed E-state index contributed by atoms with van der Waals surface area (Å²) in [5.41, 5.74) is -0.0737. The van der Waals surface area contributed by atoms with Gasteiger partial charge in [-0.1, -0.05) is 17.7 Å². The van der Waals surface area contributed by atoms with Crippen molar-refractivity contribution in [2.24, 2.45) is 0 Å². The monoisotopic (exact) mass is 503 g/mol. The number of fused-ring (bicyclic) bond motifs is 2. The average molecular weight is 504 g/mol. The lowest BCUT2D eigenvalue weighted by Crippen LogP contribution is -2.56. The zero-order valence-electron chi connectivity index (χ0n) is 19.6. The molecule has 11 heteroatoms. The number of likely N-dealkylation sites (N-methyl/N-ethyl adjacent to an activating group) is 1. The lowest BCUT2D eigenvalue weighted by atomic mass is 10.0. The summed E-state index contributed by atoms with van der Waals surface area (Å²) in [6.07, 6.45) is 0. The van der Waals surface area contributed by atoms with Crippen molar-refractivity contribution < 1.29 is 23.8 Å². The number of phenols is 1. The number of hydrogen-bond donors (Lipinski definition) is 2. The van der Waals surface area contributed by atoms with Crippen LogP contribution in [0.15, 0.2) is 18.2 Å². The molecule has 0 unspecified atom stereocenters. The number of hydrogen-bond acceptors (Lipinski definition) is 7. The zero-order chi connectivity index (χ0) is 24.9. The molecule has 9 nitrogen and oxygen atoms in total. The van der Waals surface area contributed by atoms with E-state index in [4.69, 9.17) is 16.3 Å². The van der Waals surface area contributed by atoms with Crippen molar-refractivity contribution in [2.75, 3.05) is 50.8 Å². The molecule has 35 heavy (non-hydrogen) atoms. The third kappa shape index (κ3) is 3.94. The Morgan fingerprint density at radius 1 is 1.29 bits per heavy atom. The molecular weight excluding hydrogens is 477 g/mol. The Morgan fingerprint density at radius 3 is 2.83 bits per heavy atom. The van der Waals surface area contributed by atoms with Gasteiger partial charge in [-0.3, -0.25) is 9.59 Å². The largest absolute Gasteiger partial charge is 0.507 e. The molecule has 5 rings (SSSR count). The van der Waals surface area contributed by atoms with Crippen molar-refractivity contribution in [1.29, 1.82) is 0 Å². The van der Waals surface area contributed by atoms with Gasteiger partial charge in [0.25, 0.3) is 5.91 Å². The predicted molar refractivity (Wildman–Crippen MR) is 129 cm³/mol. The topological polar surface area (TPSA) is 98.2 Å². The van der Waals surface area contributed by atoms with E-state index in [2.05, 4.69) is 10.3 Å². The summed E-state index contributed by atoms with van der Waals surface area (Å²) in [6, 6.07) is 3.52. The van der Waals surface area contributed by atoms with Crippen molar-refractivity contribution in [1.82, 2.24) is 20.1 Å². The Morgan fingerprint density at radius 2 is 2.09 bits per heavy atom. The number of amides is 2. The number of pyridine rings is 1. The molecule has 2 saturated heterocycles. The van der Waals surface area contributed by atoms with Gasteiger partial charge in [0.2, 0.25) is 5.91 Å². The smallest absolute Gasteiger partial charge is 0.261 e. The van der Waals surface area contributed by atoms with Gasteiger partial charge in [-0.05, 0) is 26.0 Å². The number of aromatic hydroxyl groups is 1. The molecule has 2 N–H and O–H groups in total. The summed E-state index contributed by atoms with van der Waals surface area (Å²) in [5.74, 6) is -1.17. The van der Waals surface area contributed by atoms with Crippen LogP contribution in [0.25, 0.3) is 11.3 Å². The van der Waals surface area contributed by atoms with Crippen LogP contribution in [0.3, 0.4) is 0 Å². The molecule has 1 aromatic heterocycles. The molecule has 0 spiro atoms. The molecule has 2 atom stereocenters. The molecule has 1 aromatic carbocycles. The SMILES string of the molecule is CCN1C[C@H](C)N(c2nc(-c3c(O)cccc3F)c(Cl)c3c2C(=O)N2CCNC[C@@H]2CO3)CC1=O. The number of phenolic OH excluding ortho intramolecular Hbond substituents is 1. The number of carbonyl (C=O) groups excluding carboxylic acids is 2. The summed E-state index contributed by atoms with van der Waals surface area (Å²) in [5, 5.41) is 13.7. The van der Waals surface area contributed by atoms with Crippen molar-refractivity contribution in [3.63, 3.8) is 0 Å². The minimum absolute atomic E-state index is 0.00294. The number of carbonyl (C=O) groups is 2. The Bertz CT molecular complexity index is 1170. The van der Waals surface area contributed by atoms with E-state index < -0.39 is 5.82 Å². The maximum Gasteiger partial charge on any atom is 0.261 e. The van der Waals surface area contributed by atoms with Gasteiger partial charge in [-0.2, -0.15) is 0 Å². The van der Waals surface area contributed by atoms with Crippen molar-refractivity contribution in [3.8, 4) is 22.8 Å². The van der Waals surface area contributed by atoms with E-state index in [0.29, 0.717) is 32.7 Å². The molecule has 4 heterocycles. The second-order valence-corrected chi connectivity index (χ2v) is 9.39. The fourth-order valence-corrected chi connectivity index (χ4v) is 5.27. The van der Waals surface area contributed by atoms with Crippen LogP contribution >= 0.6 is 11.6 Å². The number of nitrogens with one attached hydrogen (secondary N) is 1. The molecule has 2 amide bonds. The molecule has 0 saturated carbocycles. The van der Waals surface area contributed by atoms with Gasteiger partial charge in [0.1, 0.15) is 40.3 Å². The van der Waals surface area contributed by atoms with Crippen LogP contribution < -0.4 is 15.0 Å². The second-order valence-electron chi connectivity index (χ2n) is 9.01. The summed E-state index contributed by atoms with van der Waals surface area (Å²) in [4.78, 5) is 36.5. The fourth-order valence-electron chi connectivity index (χ4n) is 4.99. The summed E-state index contributed by atoms with van der Waals surface area (Å²) < 4.78 is 21.0. The highest BCUT2D eigenvalue weighted by atomic mass is 35.5. The quantitative estimate of drug-likeness (QED) is 0.662. The minimum atomic E-state index is -0.716. The number of benzene rings is 1. The fraction of sp³-hybridized carbons (Fsp3) is 0.458. The van der Waals surface area contributed by atoms with Crippen LogP contribution in [0, 0.1) is 5.82 Å². The van der Waals surface area contributed by atoms with Crippen LogP contribution in [0.1, 0.15) is 24.2 Å². The molecule has 2 aromatic rings. The number of aromatic nitrogens is 1. The number of ether oxygens (including phenoxy) is 1. The third-order valence-corrected chi connectivity index (χ3v) is 7.23. The van der Waals surface area contributed by atoms with E-state index in [1.54, 1.807) is 14.7 Å². The third-order valence-electron chi connectivity index (χ3n) is 6.88. The van der Waals surface area contributed by atoms with Crippen LogP contribution in [0.4, 0.5) is 10.2 Å². The standard InChI is InChI=1S/C24H27ClFN5O4/c1-3-29-10-13(2)31(11-17(29)33)23-19-22(35-12-14-9-27-7-8-30(14)24(19)34)20(25)21(28-23)18-15(26)5-4-6-16(18)32/h4-6,13-14,27,32H,3,7-12H2,1-2H3/t13-,14+/m0/s1. The zero-order valence-corrected chi connectivity index (χ0v) is 20.3.